The summed E-state index contributed by atoms with van der Waals surface area (Å²) < 4.78 is 42.2. The molecule has 1 N–H and O–H groups in total. The molecule has 1 aliphatic rings. The minimum atomic E-state index is -3.82. The zero-order chi connectivity index (χ0) is 23.5. The Morgan fingerprint density at radius 3 is 2.47 bits per heavy atom. The summed E-state index contributed by atoms with van der Waals surface area (Å²) in [5, 5.41) is 2.72. The fraction of sp³-hybridized carbons (Fsp3) is 0.364. The predicted molar refractivity (Wildman–Crippen MR) is 120 cm³/mol. The molecule has 0 bridgehead atoms. The molecule has 1 amide bonds. The third-order valence-corrected chi connectivity index (χ3v) is 6.12. The molecule has 2 aromatic carbocycles. The molecule has 0 saturated carbocycles. The van der Waals surface area contributed by atoms with Crippen molar-refractivity contribution in [2.45, 2.75) is 26.8 Å². The van der Waals surface area contributed by atoms with Crippen molar-refractivity contribution >= 4 is 33.3 Å². The second kappa shape index (κ2) is 9.47. The Hall–Kier alpha value is -3.27. The molecule has 3 rings (SSSR count). The molecule has 0 aliphatic carbocycles. The first-order valence-electron chi connectivity index (χ1n) is 10.1. The first kappa shape index (κ1) is 23.4. The molecule has 0 fully saturated rings. The van der Waals surface area contributed by atoms with E-state index in [9.17, 15) is 18.0 Å². The lowest BCUT2D eigenvalue weighted by Gasteiger charge is -2.29. The molecule has 0 aromatic heterocycles. The number of fused-ring (bicyclic) bond motifs is 1. The van der Waals surface area contributed by atoms with Crippen molar-refractivity contribution in [1.82, 2.24) is 0 Å². The van der Waals surface area contributed by atoms with Gasteiger partial charge in [-0.2, -0.15) is 0 Å². The SMILES string of the molecule is CCOC(=O)c1ccc(C)c(NC(=O)[C@H](C)N(c2ccc3c(c2)OCCO3)S(C)(=O)=O)c1. The molecule has 172 valence electrons. The maximum atomic E-state index is 13.0. The lowest BCUT2D eigenvalue weighted by molar-refractivity contribution is -0.116. The maximum absolute atomic E-state index is 13.0. The van der Waals surface area contributed by atoms with Crippen LogP contribution in [0.15, 0.2) is 36.4 Å². The van der Waals surface area contributed by atoms with Crippen LogP contribution in [0.5, 0.6) is 11.5 Å². The second-order valence-corrected chi connectivity index (χ2v) is 9.16. The Morgan fingerprint density at radius 1 is 1.12 bits per heavy atom. The van der Waals surface area contributed by atoms with Crippen molar-refractivity contribution in [3.05, 3.63) is 47.5 Å². The largest absolute Gasteiger partial charge is 0.486 e. The first-order valence-corrected chi connectivity index (χ1v) is 11.9. The van der Waals surface area contributed by atoms with Crippen LogP contribution in [0.1, 0.15) is 29.8 Å². The van der Waals surface area contributed by atoms with Crippen LogP contribution in [-0.2, 0) is 19.6 Å². The highest BCUT2D eigenvalue weighted by Gasteiger charge is 2.30. The van der Waals surface area contributed by atoms with Gasteiger partial charge in [0.1, 0.15) is 19.3 Å². The number of ether oxygens (including phenoxy) is 3. The number of sulfonamides is 1. The van der Waals surface area contributed by atoms with E-state index in [0.29, 0.717) is 36.0 Å². The van der Waals surface area contributed by atoms with Crippen molar-refractivity contribution in [3.8, 4) is 11.5 Å². The number of nitrogens with zero attached hydrogens (tertiary/aromatic N) is 1. The average Bonchev–Trinajstić information content (AvgIpc) is 2.74. The number of nitrogens with one attached hydrogen (secondary N) is 1. The van der Waals surface area contributed by atoms with E-state index in [-0.39, 0.29) is 17.9 Å². The van der Waals surface area contributed by atoms with Gasteiger partial charge < -0.3 is 19.5 Å². The van der Waals surface area contributed by atoms with E-state index >= 15 is 0 Å². The third-order valence-electron chi connectivity index (χ3n) is 4.88. The van der Waals surface area contributed by atoms with Crippen LogP contribution in [0.25, 0.3) is 0 Å². The zero-order valence-electron chi connectivity index (χ0n) is 18.4. The molecule has 0 saturated heterocycles. The Morgan fingerprint density at radius 2 is 1.81 bits per heavy atom. The number of anilines is 2. The van der Waals surface area contributed by atoms with Gasteiger partial charge >= 0.3 is 5.97 Å². The summed E-state index contributed by atoms with van der Waals surface area (Å²) in [6.07, 6.45) is 1.03. The smallest absolute Gasteiger partial charge is 0.338 e. The van der Waals surface area contributed by atoms with Crippen molar-refractivity contribution < 1.29 is 32.2 Å². The molecule has 0 radical (unpaired) electrons. The normalized spacial score (nSPS) is 13.8. The molecule has 1 atom stereocenters. The third kappa shape index (κ3) is 5.13. The number of benzene rings is 2. The summed E-state index contributed by atoms with van der Waals surface area (Å²) in [5.41, 5.74) is 1.66. The fourth-order valence-corrected chi connectivity index (χ4v) is 4.48. The minimum Gasteiger partial charge on any atom is -0.486 e. The van der Waals surface area contributed by atoms with Crippen molar-refractivity contribution in [1.29, 1.82) is 0 Å². The van der Waals surface area contributed by atoms with Crippen molar-refractivity contribution in [3.63, 3.8) is 0 Å². The van der Waals surface area contributed by atoms with E-state index < -0.39 is 27.9 Å². The molecule has 9 nitrogen and oxygen atoms in total. The van der Waals surface area contributed by atoms with Gasteiger partial charge in [0.05, 0.1) is 24.1 Å². The molecule has 2 aromatic rings. The summed E-state index contributed by atoms with van der Waals surface area (Å²) in [6, 6.07) is 8.41. The molecule has 1 aliphatic heterocycles. The summed E-state index contributed by atoms with van der Waals surface area (Å²) in [6.45, 7) is 5.94. The fourth-order valence-electron chi connectivity index (χ4n) is 3.31. The monoisotopic (exact) mass is 462 g/mol. The number of amides is 1. The van der Waals surface area contributed by atoms with Gasteiger partial charge in [-0.1, -0.05) is 6.07 Å². The average molecular weight is 463 g/mol. The van der Waals surface area contributed by atoms with E-state index in [2.05, 4.69) is 5.32 Å². The topological polar surface area (TPSA) is 111 Å². The number of rotatable bonds is 7. The Balaban J connectivity index is 1.88. The predicted octanol–water partition coefficient (Wildman–Crippen LogP) is 2.74. The summed E-state index contributed by atoms with van der Waals surface area (Å²) in [4.78, 5) is 25.1. The van der Waals surface area contributed by atoms with E-state index in [1.54, 1.807) is 38.1 Å². The highest BCUT2D eigenvalue weighted by atomic mass is 32.2. The highest BCUT2D eigenvalue weighted by molar-refractivity contribution is 7.92. The molecular formula is C22H26N2O7S. The lowest BCUT2D eigenvalue weighted by atomic mass is 10.1. The van der Waals surface area contributed by atoms with Crippen molar-refractivity contribution in [2.75, 3.05) is 35.7 Å². The Kier molecular flexibility index (Phi) is 6.93. The van der Waals surface area contributed by atoms with Crippen LogP contribution in [0, 0.1) is 6.92 Å². The molecule has 0 spiro atoms. The first-order chi connectivity index (χ1) is 15.1. The number of hydrogen-bond donors (Lipinski definition) is 1. The quantitative estimate of drug-likeness (QED) is 0.630. The lowest BCUT2D eigenvalue weighted by Crippen LogP contribution is -2.45. The number of aryl methyl sites for hydroxylation is 1. The number of hydrogen-bond acceptors (Lipinski definition) is 7. The zero-order valence-corrected chi connectivity index (χ0v) is 19.2. The van der Waals surface area contributed by atoms with Crippen LogP contribution >= 0.6 is 0 Å². The van der Waals surface area contributed by atoms with Gasteiger partial charge in [-0.15, -0.1) is 0 Å². The molecular weight excluding hydrogens is 436 g/mol. The Labute approximate surface area is 187 Å². The van der Waals surface area contributed by atoms with E-state index in [1.165, 1.54) is 19.1 Å². The maximum Gasteiger partial charge on any atom is 0.338 e. The number of carbonyl (C=O) groups is 2. The van der Waals surface area contributed by atoms with Gasteiger partial charge in [0.2, 0.25) is 15.9 Å². The van der Waals surface area contributed by atoms with Crippen LogP contribution in [0.4, 0.5) is 11.4 Å². The van der Waals surface area contributed by atoms with Crippen LogP contribution < -0.4 is 19.1 Å². The van der Waals surface area contributed by atoms with Gasteiger partial charge in [-0.05, 0) is 50.6 Å². The number of esters is 1. The number of carbonyl (C=O) groups excluding carboxylic acids is 2. The summed E-state index contributed by atoms with van der Waals surface area (Å²) in [7, 11) is -3.82. The highest BCUT2D eigenvalue weighted by Crippen LogP contribution is 2.35. The van der Waals surface area contributed by atoms with E-state index in [1.807, 2.05) is 0 Å². The van der Waals surface area contributed by atoms with Gasteiger partial charge in [-0.3, -0.25) is 9.10 Å². The summed E-state index contributed by atoms with van der Waals surface area (Å²) >= 11 is 0. The van der Waals surface area contributed by atoms with Gasteiger partial charge in [0, 0.05) is 11.8 Å². The second-order valence-electron chi connectivity index (χ2n) is 7.30. The van der Waals surface area contributed by atoms with Crippen LogP contribution in [0.3, 0.4) is 0 Å². The van der Waals surface area contributed by atoms with E-state index in [0.717, 1.165) is 10.6 Å². The molecule has 1 heterocycles. The molecule has 10 heteroatoms. The van der Waals surface area contributed by atoms with Gasteiger partial charge in [0.15, 0.2) is 11.5 Å². The van der Waals surface area contributed by atoms with Gasteiger partial charge in [0.25, 0.3) is 0 Å². The van der Waals surface area contributed by atoms with Crippen molar-refractivity contribution in [2.24, 2.45) is 0 Å². The Bertz CT molecular complexity index is 1130. The summed E-state index contributed by atoms with van der Waals surface area (Å²) in [5.74, 6) is -0.149. The van der Waals surface area contributed by atoms with E-state index in [4.69, 9.17) is 14.2 Å². The standard InChI is InChI=1S/C22H26N2O7S/c1-5-29-22(26)16-7-6-14(2)18(12-16)23-21(25)15(3)24(32(4,27)28)17-8-9-19-20(13-17)31-11-10-30-19/h6-9,12-13,15H,5,10-11H2,1-4H3,(H,23,25)/t15-/m0/s1. The molecule has 0 unspecified atom stereocenters. The van der Waals surface area contributed by atoms with Crippen LogP contribution in [0.2, 0.25) is 0 Å². The minimum absolute atomic E-state index is 0.226. The van der Waals surface area contributed by atoms with Gasteiger partial charge in [-0.25, -0.2) is 13.2 Å². The van der Waals surface area contributed by atoms with Crippen LogP contribution in [-0.4, -0.2) is 52.4 Å². The molecule has 32 heavy (non-hydrogen) atoms.